The van der Waals surface area contributed by atoms with Gasteiger partial charge in [-0.05, 0) is 82.6 Å². The van der Waals surface area contributed by atoms with Crippen molar-refractivity contribution in [1.82, 2.24) is 0 Å². The Morgan fingerprint density at radius 3 is 1.85 bits per heavy atom. The maximum Gasteiger partial charge on any atom is 0.419 e. The van der Waals surface area contributed by atoms with Gasteiger partial charge in [0.05, 0.1) is 18.0 Å². The summed E-state index contributed by atoms with van der Waals surface area (Å²) in [5.74, 6) is 2.02. The fourth-order valence-electron chi connectivity index (χ4n) is 4.72. The molecular weight excluding hydrogens is 492 g/mol. The molecular formula is C31H40N4O4. The number of rotatable bonds is 12. The van der Waals surface area contributed by atoms with Gasteiger partial charge in [-0.2, -0.15) is 0 Å². The SMILES string of the molecule is CCN(CC)c1ccc2c(c1)Oc1cc(N(CC)CC)ccc1N2C(=O)OCc1ccc(OCCCN)cc1. The van der Waals surface area contributed by atoms with Gasteiger partial charge in [0.2, 0.25) is 0 Å². The van der Waals surface area contributed by atoms with Crippen LogP contribution in [0.2, 0.25) is 0 Å². The molecule has 0 aliphatic carbocycles. The third-order valence-corrected chi connectivity index (χ3v) is 6.93. The number of nitrogens with two attached hydrogens (primary N) is 1. The normalized spacial score (nSPS) is 11.8. The van der Waals surface area contributed by atoms with Crippen LogP contribution in [0.4, 0.5) is 27.5 Å². The molecule has 3 aromatic carbocycles. The van der Waals surface area contributed by atoms with Crippen molar-refractivity contribution >= 4 is 28.8 Å². The van der Waals surface area contributed by atoms with Gasteiger partial charge < -0.3 is 29.7 Å². The highest BCUT2D eigenvalue weighted by Gasteiger charge is 2.31. The summed E-state index contributed by atoms with van der Waals surface area (Å²) >= 11 is 0. The number of benzene rings is 3. The lowest BCUT2D eigenvalue weighted by atomic mass is 10.1. The summed E-state index contributed by atoms with van der Waals surface area (Å²) in [6, 6.07) is 19.5. The Kier molecular flexibility index (Phi) is 9.54. The fourth-order valence-corrected chi connectivity index (χ4v) is 4.72. The predicted molar refractivity (Wildman–Crippen MR) is 158 cm³/mol. The Bertz CT molecular complexity index is 1180. The van der Waals surface area contributed by atoms with E-state index in [1.165, 1.54) is 0 Å². The maximum absolute atomic E-state index is 13.6. The summed E-state index contributed by atoms with van der Waals surface area (Å²) in [6.45, 7) is 13.3. The summed E-state index contributed by atoms with van der Waals surface area (Å²) in [6.07, 6.45) is 0.338. The van der Waals surface area contributed by atoms with Gasteiger partial charge in [-0.15, -0.1) is 0 Å². The van der Waals surface area contributed by atoms with E-state index >= 15 is 0 Å². The molecule has 3 aromatic rings. The van der Waals surface area contributed by atoms with E-state index in [-0.39, 0.29) is 6.61 Å². The molecule has 1 amide bonds. The minimum Gasteiger partial charge on any atom is -0.494 e. The minimum absolute atomic E-state index is 0.138. The van der Waals surface area contributed by atoms with Crippen LogP contribution in [0.25, 0.3) is 0 Å². The Balaban J connectivity index is 1.60. The van der Waals surface area contributed by atoms with Crippen molar-refractivity contribution in [3.05, 3.63) is 66.2 Å². The van der Waals surface area contributed by atoms with Crippen LogP contribution in [0.5, 0.6) is 17.2 Å². The highest BCUT2D eigenvalue weighted by molar-refractivity contribution is 6.01. The summed E-state index contributed by atoms with van der Waals surface area (Å²) in [7, 11) is 0. The predicted octanol–water partition coefficient (Wildman–Crippen LogP) is 6.69. The summed E-state index contributed by atoms with van der Waals surface area (Å²) in [4.78, 5) is 19.7. The van der Waals surface area contributed by atoms with Crippen molar-refractivity contribution in [3.63, 3.8) is 0 Å². The number of hydrogen-bond acceptors (Lipinski definition) is 7. The largest absolute Gasteiger partial charge is 0.494 e. The molecule has 8 heteroatoms. The number of fused-ring (bicyclic) bond motifs is 2. The molecule has 8 nitrogen and oxygen atoms in total. The molecule has 0 unspecified atom stereocenters. The van der Waals surface area contributed by atoms with Crippen LogP contribution in [-0.4, -0.2) is 45.4 Å². The number of hydrogen-bond donors (Lipinski definition) is 1. The lowest BCUT2D eigenvalue weighted by molar-refractivity contribution is 0.149. The standard InChI is InChI=1S/C31H40N4O4/c1-5-33(6-2)24-12-16-27-29(20-24)39-30-21-25(34(7-3)8-4)13-17-28(30)35(27)31(36)38-22-23-10-14-26(15-11-23)37-19-9-18-32/h10-17,20-21H,5-9,18-19,22,32H2,1-4H3. The van der Waals surface area contributed by atoms with E-state index < -0.39 is 6.09 Å². The molecule has 2 N–H and O–H groups in total. The quantitative estimate of drug-likeness (QED) is 0.260. The van der Waals surface area contributed by atoms with E-state index in [1.54, 1.807) is 4.90 Å². The van der Waals surface area contributed by atoms with Gasteiger partial charge in [-0.3, -0.25) is 0 Å². The molecule has 0 saturated heterocycles. The second kappa shape index (κ2) is 13.2. The van der Waals surface area contributed by atoms with Crippen molar-refractivity contribution in [2.75, 3.05) is 54.0 Å². The topological polar surface area (TPSA) is 80.5 Å². The van der Waals surface area contributed by atoms with Crippen LogP contribution in [0, 0.1) is 0 Å². The van der Waals surface area contributed by atoms with E-state index in [9.17, 15) is 4.79 Å². The first-order valence-electron chi connectivity index (χ1n) is 13.9. The Labute approximate surface area is 231 Å². The summed E-state index contributed by atoms with van der Waals surface area (Å²) in [5, 5.41) is 0. The Hall–Kier alpha value is -3.91. The van der Waals surface area contributed by atoms with Crippen molar-refractivity contribution in [2.24, 2.45) is 5.73 Å². The number of anilines is 4. The monoisotopic (exact) mass is 532 g/mol. The third kappa shape index (κ3) is 6.40. The highest BCUT2D eigenvalue weighted by atomic mass is 16.6. The molecule has 1 aliphatic rings. The number of nitrogens with zero attached hydrogens (tertiary/aromatic N) is 3. The number of carbonyl (C=O) groups excluding carboxylic acids is 1. The Morgan fingerprint density at radius 2 is 1.36 bits per heavy atom. The zero-order chi connectivity index (χ0) is 27.8. The van der Waals surface area contributed by atoms with Gasteiger partial charge in [-0.25, -0.2) is 9.69 Å². The fraction of sp³-hybridized carbons (Fsp3) is 0.387. The lowest BCUT2D eigenvalue weighted by Gasteiger charge is -2.33. The molecule has 0 spiro atoms. The van der Waals surface area contributed by atoms with Gasteiger partial charge in [0, 0.05) is 49.7 Å². The number of amides is 1. The summed E-state index contributed by atoms with van der Waals surface area (Å²) < 4.78 is 17.9. The van der Waals surface area contributed by atoms with Gasteiger partial charge in [-0.1, -0.05) is 12.1 Å². The zero-order valence-electron chi connectivity index (χ0n) is 23.5. The number of carbonyl (C=O) groups is 1. The Morgan fingerprint density at radius 1 is 0.821 bits per heavy atom. The van der Waals surface area contributed by atoms with Gasteiger partial charge in [0.25, 0.3) is 0 Å². The van der Waals surface area contributed by atoms with Crippen LogP contribution in [-0.2, 0) is 11.3 Å². The first-order valence-corrected chi connectivity index (χ1v) is 13.9. The molecule has 1 aliphatic heterocycles. The molecule has 208 valence electrons. The first-order chi connectivity index (χ1) is 19.0. The van der Waals surface area contributed by atoms with E-state index in [4.69, 9.17) is 19.9 Å². The smallest absolute Gasteiger partial charge is 0.419 e. The lowest BCUT2D eigenvalue weighted by Crippen LogP contribution is -2.30. The maximum atomic E-state index is 13.6. The molecule has 4 rings (SSSR count). The van der Waals surface area contributed by atoms with Gasteiger partial charge in [0.1, 0.15) is 12.4 Å². The van der Waals surface area contributed by atoms with E-state index in [0.717, 1.165) is 55.3 Å². The van der Waals surface area contributed by atoms with Crippen LogP contribution in [0.15, 0.2) is 60.7 Å². The van der Waals surface area contributed by atoms with Crippen molar-refractivity contribution in [2.45, 2.75) is 40.7 Å². The molecule has 0 saturated carbocycles. The third-order valence-electron chi connectivity index (χ3n) is 6.93. The zero-order valence-corrected chi connectivity index (χ0v) is 23.5. The molecule has 0 bridgehead atoms. The molecule has 0 atom stereocenters. The van der Waals surface area contributed by atoms with Crippen LogP contribution >= 0.6 is 0 Å². The second-order valence-corrected chi connectivity index (χ2v) is 9.28. The average molecular weight is 533 g/mol. The first kappa shape index (κ1) is 28.1. The van der Waals surface area contributed by atoms with Crippen molar-refractivity contribution in [3.8, 4) is 17.2 Å². The molecule has 0 radical (unpaired) electrons. The number of ether oxygens (including phenoxy) is 3. The van der Waals surface area contributed by atoms with Gasteiger partial charge >= 0.3 is 6.09 Å². The minimum atomic E-state index is -0.463. The van der Waals surface area contributed by atoms with E-state index in [1.807, 2.05) is 60.7 Å². The van der Waals surface area contributed by atoms with E-state index in [0.29, 0.717) is 36.0 Å². The molecule has 0 fully saturated rings. The molecule has 0 aromatic heterocycles. The van der Waals surface area contributed by atoms with Gasteiger partial charge in [0.15, 0.2) is 11.5 Å². The van der Waals surface area contributed by atoms with Crippen LogP contribution in [0.3, 0.4) is 0 Å². The molecule has 1 heterocycles. The van der Waals surface area contributed by atoms with Crippen molar-refractivity contribution in [1.29, 1.82) is 0 Å². The highest BCUT2D eigenvalue weighted by Crippen LogP contribution is 2.49. The van der Waals surface area contributed by atoms with Crippen LogP contribution < -0.4 is 29.9 Å². The molecule has 39 heavy (non-hydrogen) atoms. The van der Waals surface area contributed by atoms with Crippen molar-refractivity contribution < 1.29 is 19.0 Å². The average Bonchev–Trinajstić information content (AvgIpc) is 2.96. The van der Waals surface area contributed by atoms with E-state index in [2.05, 4.69) is 37.5 Å². The van der Waals surface area contributed by atoms with Crippen LogP contribution in [0.1, 0.15) is 39.7 Å². The second-order valence-electron chi connectivity index (χ2n) is 9.28. The summed E-state index contributed by atoms with van der Waals surface area (Å²) in [5.41, 5.74) is 9.80.